The zero-order chi connectivity index (χ0) is 12.0. The summed E-state index contributed by atoms with van der Waals surface area (Å²) in [5.41, 5.74) is -0.0963. The molecule has 3 heteroatoms. The predicted molar refractivity (Wildman–Crippen MR) is 65.1 cm³/mol. The summed E-state index contributed by atoms with van der Waals surface area (Å²) in [6.45, 7) is 6.22. The van der Waals surface area contributed by atoms with Crippen molar-refractivity contribution in [2.45, 2.75) is 45.2 Å². The predicted octanol–water partition coefficient (Wildman–Crippen LogP) is 2.19. The minimum atomic E-state index is -0.268. The second-order valence-electron chi connectivity index (χ2n) is 4.12. The number of hydrogen-bond acceptors (Lipinski definition) is 3. The molecule has 0 bridgehead atoms. The number of esters is 1. The van der Waals surface area contributed by atoms with Crippen molar-refractivity contribution in [1.29, 1.82) is 0 Å². The van der Waals surface area contributed by atoms with Crippen molar-refractivity contribution in [1.82, 2.24) is 5.32 Å². The van der Waals surface area contributed by atoms with Crippen molar-refractivity contribution in [3.8, 4) is 0 Å². The average molecular weight is 223 g/mol. The number of nitrogens with one attached hydrogen (secondary N) is 1. The number of ether oxygens (including phenoxy) is 1. The quantitative estimate of drug-likeness (QED) is 0.726. The van der Waals surface area contributed by atoms with E-state index in [2.05, 4.69) is 24.4 Å². The Morgan fingerprint density at radius 3 is 2.75 bits per heavy atom. The van der Waals surface area contributed by atoms with Gasteiger partial charge in [0.15, 0.2) is 0 Å². The van der Waals surface area contributed by atoms with Crippen LogP contribution in [0.15, 0.2) is 24.3 Å². The molecule has 0 spiro atoms. The number of rotatable bonds is 5. The first kappa shape index (κ1) is 13.0. The molecule has 1 aliphatic rings. The standard InChI is InChI=1S/C13H21NO2/c1-4-13(9-7-6-8-10-13)14-11(3)12(15)16-5-2/h6-9,11,14H,4-5,10H2,1-3H3. The van der Waals surface area contributed by atoms with Gasteiger partial charge in [-0.25, -0.2) is 0 Å². The van der Waals surface area contributed by atoms with Crippen LogP contribution in [0.2, 0.25) is 0 Å². The topological polar surface area (TPSA) is 38.3 Å². The number of hydrogen-bond donors (Lipinski definition) is 1. The van der Waals surface area contributed by atoms with E-state index in [9.17, 15) is 4.79 Å². The van der Waals surface area contributed by atoms with Crippen LogP contribution in [-0.4, -0.2) is 24.2 Å². The highest BCUT2D eigenvalue weighted by molar-refractivity contribution is 5.75. The Kier molecular flexibility index (Phi) is 4.74. The van der Waals surface area contributed by atoms with Crippen LogP contribution in [0.3, 0.4) is 0 Å². The van der Waals surface area contributed by atoms with Gasteiger partial charge in [-0.1, -0.05) is 31.2 Å². The van der Waals surface area contributed by atoms with Crippen LogP contribution < -0.4 is 5.32 Å². The molecule has 16 heavy (non-hydrogen) atoms. The van der Waals surface area contributed by atoms with Crippen LogP contribution in [0.4, 0.5) is 0 Å². The molecule has 3 nitrogen and oxygen atoms in total. The van der Waals surface area contributed by atoms with E-state index in [4.69, 9.17) is 4.74 Å². The molecule has 0 aromatic heterocycles. The first-order valence-electron chi connectivity index (χ1n) is 5.92. The van der Waals surface area contributed by atoms with Crippen LogP contribution >= 0.6 is 0 Å². The molecule has 0 saturated carbocycles. The van der Waals surface area contributed by atoms with Crippen LogP contribution in [0.25, 0.3) is 0 Å². The van der Waals surface area contributed by atoms with Crippen molar-refractivity contribution in [2.75, 3.05) is 6.61 Å². The lowest BCUT2D eigenvalue weighted by molar-refractivity contribution is -0.145. The molecule has 0 fully saturated rings. The van der Waals surface area contributed by atoms with E-state index < -0.39 is 0 Å². The van der Waals surface area contributed by atoms with Crippen LogP contribution in [-0.2, 0) is 9.53 Å². The number of allylic oxidation sites excluding steroid dienone is 2. The van der Waals surface area contributed by atoms with Crippen molar-refractivity contribution in [3.05, 3.63) is 24.3 Å². The molecule has 90 valence electrons. The SMILES string of the molecule is CCOC(=O)C(C)NC1(CC)C=CC=CC1. The first-order valence-corrected chi connectivity index (χ1v) is 5.92. The van der Waals surface area contributed by atoms with E-state index in [-0.39, 0.29) is 17.6 Å². The Bertz CT molecular complexity index is 296. The van der Waals surface area contributed by atoms with Gasteiger partial charge in [0.2, 0.25) is 0 Å². The Hall–Kier alpha value is -1.09. The summed E-state index contributed by atoms with van der Waals surface area (Å²) >= 11 is 0. The zero-order valence-corrected chi connectivity index (χ0v) is 10.3. The maximum atomic E-state index is 11.5. The summed E-state index contributed by atoms with van der Waals surface area (Å²) in [5, 5.41) is 3.35. The Balaban J connectivity index is 2.60. The summed E-state index contributed by atoms with van der Waals surface area (Å²) in [5.74, 6) is -0.182. The lowest BCUT2D eigenvalue weighted by Crippen LogP contribution is -2.51. The highest BCUT2D eigenvalue weighted by Crippen LogP contribution is 2.22. The van der Waals surface area contributed by atoms with E-state index in [0.29, 0.717) is 6.61 Å². The van der Waals surface area contributed by atoms with E-state index in [1.165, 1.54) is 0 Å². The molecule has 0 heterocycles. The molecule has 1 aliphatic carbocycles. The molecule has 1 N–H and O–H groups in total. The fourth-order valence-corrected chi connectivity index (χ4v) is 1.89. The minimum absolute atomic E-state index is 0.0963. The van der Waals surface area contributed by atoms with E-state index in [0.717, 1.165) is 12.8 Å². The van der Waals surface area contributed by atoms with Gasteiger partial charge in [-0.05, 0) is 26.7 Å². The normalized spacial score (nSPS) is 25.4. The van der Waals surface area contributed by atoms with Crippen molar-refractivity contribution in [2.24, 2.45) is 0 Å². The molecule has 0 saturated heterocycles. The monoisotopic (exact) mass is 223 g/mol. The maximum absolute atomic E-state index is 11.5. The van der Waals surface area contributed by atoms with Gasteiger partial charge in [0, 0.05) is 5.54 Å². The molecular weight excluding hydrogens is 202 g/mol. The average Bonchev–Trinajstić information content (AvgIpc) is 2.30. The molecule has 0 radical (unpaired) electrons. The van der Waals surface area contributed by atoms with Gasteiger partial charge in [0.1, 0.15) is 6.04 Å². The second-order valence-corrected chi connectivity index (χ2v) is 4.12. The van der Waals surface area contributed by atoms with E-state index in [1.54, 1.807) is 0 Å². The van der Waals surface area contributed by atoms with E-state index >= 15 is 0 Å². The third kappa shape index (κ3) is 3.20. The summed E-state index contributed by atoms with van der Waals surface area (Å²) < 4.78 is 4.99. The lowest BCUT2D eigenvalue weighted by Gasteiger charge is -2.33. The zero-order valence-electron chi connectivity index (χ0n) is 10.3. The highest BCUT2D eigenvalue weighted by atomic mass is 16.5. The summed E-state index contributed by atoms with van der Waals surface area (Å²) in [7, 11) is 0. The fourth-order valence-electron chi connectivity index (χ4n) is 1.89. The summed E-state index contributed by atoms with van der Waals surface area (Å²) in [4.78, 5) is 11.5. The molecule has 1 rings (SSSR count). The van der Waals surface area contributed by atoms with Crippen molar-refractivity contribution < 1.29 is 9.53 Å². The third-order valence-electron chi connectivity index (χ3n) is 2.92. The van der Waals surface area contributed by atoms with Crippen molar-refractivity contribution >= 4 is 5.97 Å². The maximum Gasteiger partial charge on any atom is 0.322 e. The van der Waals surface area contributed by atoms with Gasteiger partial charge in [-0.2, -0.15) is 0 Å². The van der Waals surface area contributed by atoms with Crippen LogP contribution in [0.5, 0.6) is 0 Å². The Morgan fingerprint density at radius 2 is 2.25 bits per heavy atom. The Labute approximate surface area is 97.6 Å². The smallest absolute Gasteiger partial charge is 0.322 e. The Morgan fingerprint density at radius 1 is 1.50 bits per heavy atom. The largest absolute Gasteiger partial charge is 0.465 e. The van der Waals surface area contributed by atoms with Gasteiger partial charge in [0.25, 0.3) is 0 Å². The molecule has 0 aliphatic heterocycles. The molecule has 0 aromatic carbocycles. The number of carbonyl (C=O) groups excluding carboxylic acids is 1. The van der Waals surface area contributed by atoms with Crippen LogP contribution in [0, 0.1) is 0 Å². The first-order chi connectivity index (χ1) is 7.63. The number of carbonyl (C=O) groups is 1. The van der Waals surface area contributed by atoms with Gasteiger partial charge in [-0.3, -0.25) is 10.1 Å². The minimum Gasteiger partial charge on any atom is -0.465 e. The van der Waals surface area contributed by atoms with Crippen molar-refractivity contribution in [3.63, 3.8) is 0 Å². The summed E-state index contributed by atoms with van der Waals surface area (Å²) in [6.07, 6.45) is 10.2. The van der Waals surface area contributed by atoms with Gasteiger partial charge in [-0.15, -0.1) is 0 Å². The summed E-state index contributed by atoms with van der Waals surface area (Å²) in [6, 6.07) is -0.268. The van der Waals surface area contributed by atoms with E-state index in [1.807, 2.05) is 26.0 Å². The van der Waals surface area contributed by atoms with Gasteiger partial charge >= 0.3 is 5.97 Å². The second kappa shape index (κ2) is 5.85. The van der Waals surface area contributed by atoms with Gasteiger partial charge < -0.3 is 4.74 Å². The molecular formula is C13H21NO2. The molecule has 2 unspecified atom stereocenters. The third-order valence-corrected chi connectivity index (χ3v) is 2.92. The van der Waals surface area contributed by atoms with Crippen LogP contribution in [0.1, 0.15) is 33.6 Å². The molecule has 0 aromatic rings. The highest BCUT2D eigenvalue weighted by Gasteiger charge is 2.29. The molecule has 0 amide bonds. The fraction of sp³-hybridized carbons (Fsp3) is 0.615. The van der Waals surface area contributed by atoms with Gasteiger partial charge in [0.05, 0.1) is 6.61 Å². The molecule has 2 atom stereocenters. The lowest BCUT2D eigenvalue weighted by atomic mass is 9.88.